The smallest absolute Gasteiger partial charge is 0.330 e. The highest BCUT2D eigenvalue weighted by Gasteiger charge is 2.13. The Morgan fingerprint density at radius 3 is 2.46 bits per heavy atom. The number of aliphatic hydroxyl groups is 1. The average molecular weight is 186 g/mol. The largest absolute Gasteiger partial charge is 0.463 e. The van der Waals surface area contributed by atoms with Crippen molar-refractivity contribution in [2.75, 3.05) is 6.61 Å². The van der Waals surface area contributed by atoms with Crippen molar-refractivity contribution in [3.63, 3.8) is 0 Å². The molecule has 0 fully saturated rings. The maximum atomic E-state index is 11.0. The second kappa shape index (κ2) is 5.02. The number of carbonyl (C=O) groups excluding carboxylic acids is 1. The summed E-state index contributed by atoms with van der Waals surface area (Å²) in [6.45, 7) is 7.35. The minimum atomic E-state index is -0.771. The van der Waals surface area contributed by atoms with Crippen LogP contribution in [0.1, 0.15) is 34.1 Å². The SMILES string of the molecule is CCOC(=O)/C=C(\C)CC(C)(C)O. The summed E-state index contributed by atoms with van der Waals surface area (Å²) < 4.78 is 4.73. The first-order valence-corrected chi connectivity index (χ1v) is 4.41. The fourth-order valence-corrected chi connectivity index (χ4v) is 1.12. The van der Waals surface area contributed by atoms with Crippen molar-refractivity contribution in [3.8, 4) is 0 Å². The number of esters is 1. The van der Waals surface area contributed by atoms with E-state index in [-0.39, 0.29) is 5.97 Å². The Morgan fingerprint density at radius 2 is 2.08 bits per heavy atom. The van der Waals surface area contributed by atoms with Crippen molar-refractivity contribution >= 4 is 5.97 Å². The predicted molar refractivity (Wildman–Crippen MR) is 51.3 cm³/mol. The zero-order valence-corrected chi connectivity index (χ0v) is 8.76. The molecule has 0 saturated carbocycles. The summed E-state index contributed by atoms with van der Waals surface area (Å²) in [5.74, 6) is -0.343. The molecular weight excluding hydrogens is 168 g/mol. The molecule has 0 aromatic carbocycles. The summed E-state index contributed by atoms with van der Waals surface area (Å²) in [5.41, 5.74) is 0.0542. The van der Waals surface area contributed by atoms with Crippen LogP contribution < -0.4 is 0 Å². The summed E-state index contributed by atoms with van der Waals surface area (Å²) >= 11 is 0. The second-order valence-electron chi connectivity index (χ2n) is 3.73. The molecule has 0 saturated heterocycles. The van der Waals surface area contributed by atoms with E-state index >= 15 is 0 Å². The van der Waals surface area contributed by atoms with E-state index in [0.717, 1.165) is 5.57 Å². The molecule has 0 heterocycles. The molecule has 3 heteroatoms. The molecule has 0 unspecified atom stereocenters. The third-order valence-electron chi connectivity index (χ3n) is 1.36. The van der Waals surface area contributed by atoms with Gasteiger partial charge in [-0.1, -0.05) is 5.57 Å². The molecule has 0 aliphatic rings. The minimum Gasteiger partial charge on any atom is -0.463 e. The summed E-state index contributed by atoms with van der Waals surface area (Å²) in [5, 5.41) is 9.44. The van der Waals surface area contributed by atoms with Gasteiger partial charge in [-0.3, -0.25) is 0 Å². The van der Waals surface area contributed by atoms with Gasteiger partial charge < -0.3 is 9.84 Å². The molecule has 3 nitrogen and oxygen atoms in total. The number of ether oxygens (including phenoxy) is 1. The van der Waals surface area contributed by atoms with Crippen LogP contribution in [0, 0.1) is 0 Å². The fraction of sp³-hybridized carbons (Fsp3) is 0.700. The molecular formula is C10H18O3. The molecule has 0 aliphatic carbocycles. The second-order valence-corrected chi connectivity index (χ2v) is 3.73. The Hall–Kier alpha value is -0.830. The first-order chi connectivity index (χ1) is 5.85. The van der Waals surface area contributed by atoms with Crippen molar-refractivity contribution in [1.29, 1.82) is 0 Å². The van der Waals surface area contributed by atoms with E-state index in [1.54, 1.807) is 27.7 Å². The Morgan fingerprint density at radius 1 is 1.54 bits per heavy atom. The van der Waals surface area contributed by atoms with Crippen LogP contribution in [-0.2, 0) is 9.53 Å². The van der Waals surface area contributed by atoms with Crippen molar-refractivity contribution in [2.45, 2.75) is 39.7 Å². The molecule has 0 aliphatic heterocycles. The van der Waals surface area contributed by atoms with Gasteiger partial charge in [-0.25, -0.2) is 4.79 Å². The van der Waals surface area contributed by atoms with Gasteiger partial charge in [-0.15, -0.1) is 0 Å². The van der Waals surface area contributed by atoms with Gasteiger partial charge in [0, 0.05) is 6.08 Å². The Balaban J connectivity index is 4.09. The lowest BCUT2D eigenvalue weighted by molar-refractivity contribution is -0.137. The topological polar surface area (TPSA) is 46.5 Å². The summed E-state index contributed by atoms with van der Waals surface area (Å²) in [6, 6.07) is 0. The first-order valence-electron chi connectivity index (χ1n) is 4.41. The lowest BCUT2D eigenvalue weighted by Gasteiger charge is -2.16. The quantitative estimate of drug-likeness (QED) is 0.536. The average Bonchev–Trinajstić information content (AvgIpc) is 1.81. The molecule has 0 spiro atoms. The minimum absolute atomic E-state index is 0.343. The molecule has 0 aromatic rings. The van der Waals surface area contributed by atoms with E-state index in [1.165, 1.54) is 6.08 Å². The van der Waals surface area contributed by atoms with Gasteiger partial charge in [0.1, 0.15) is 0 Å². The zero-order chi connectivity index (χ0) is 10.5. The van der Waals surface area contributed by atoms with Crippen LogP contribution in [0.2, 0.25) is 0 Å². The van der Waals surface area contributed by atoms with Gasteiger partial charge in [-0.2, -0.15) is 0 Å². The van der Waals surface area contributed by atoms with E-state index in [2.05, 4.69) is 0 Å². The lowest BCUT2D eigenvalue weighted by Crippen LogP contribution is -2.18. The predicted octanol–water partition coefficient (Wildman–Crippen LogP) is 1.66. The highest BCUT2D eigenvalue weighted by Crippen LogP contribution is 2.14. The van der Waals surface area contributed by atoms with Crippen LogP contribution in [0.3, 0.4) is 0 Å². The van der Waals surface area contributed by atoms with E-state index in [9.17, 15) is 9.90 Å². The van der Waals surface area contributed by atoms with Crippen LogP contribution in [0.4, 0.5) is 0 Å². The van der Waals surface area contributed by atoms with Gasteiger partial charge in [0.15, 0.2) is 0 Å². The van der Waals surface area contributed by atoms with E-state index in [0.29, 0.717) is 13.0 Å². The van der Waals surface area contributed by atoms with Gasteiger partial charge in [0.05, 0.1) is 12.2 Å². The molecule has 0 aromatic heterocycles. The fourth-order valence-electron chi connectivity index (χ4n) is 1.12. The molecule has 76 valence electrons. The molecule has 0 bridgehead atoms. The Labute approximate surface area is 79.4 Å². The number of carbonyl (C=O) groups is 1. The van der Waals surface area contributed by atoms with E-state index in [1.807, 2.05) is 0 Å². The molecule has 0 atom stereocenters. The number of hydrogen-bond donors (Lipinski definition) is 1. The van der Waals surface area contributed by atoms with Gasteiger partial charge in [0.2, 0.25) is 0 Å². The molecule has 0 rings (SSSR count). The van der Waals surface area contributed by atoms with Crippen LogP contribution in [0.15, 0.2) is 11.6 Å². The number of hydrogen-bond acceptors (Lipinski definition) is 3. The van der Waals surface area contributed by atoms with Crippen molar-refractivity contribution < 1.29 is 14.6 Å². The third kappa shape index (κ3) is 7.53. The molecule has 1 N–H and O–H groups in total. The highest BCUT2D eigenvalue weighted by molar-refractivity contribution is 5.82. The lowest BCUT2D eigenvalue weighted by atomic mass is 10.00. The van der Waals surface area contributed by atoms with Crippen LogP contribution >= 0.6 is 0 Å². The number of rotatable bonds is 4. The molecule has 13 heavy (non-hydrogen) atoms. The van der Waals surface area contributed by atoms with Gasteiger partial charge in [-0.05, 0) is 34.1 Å². The van der Waals surface area contributed by atoms with Gasteiger partial charge >= 0.3 is 5.97 Å². The highest BCUT2D eigenvalue weighted by atomic mass is 16.5. The van der Waals surface area contributed by atoms with E-state index < -0.39 is 5.60 Å². The van der Waals surface area contributed by atoms with Crippen molar-refractivity contribution in [2.24, 2.45) is 0 Å². The Bertz CT molecular complexity index is 199. The zero-order valence-electron chi connectivity index (χ0n) is 8.76. The Kier molecular flexibility index (Phi) is 4.70. The first kappa shape index (κ1) is 12.2. The molecule has 0 radical (unpaired) electrons. The summed E-state index contributed by atoms with van der Waals surface area (Å²) in [7, 11) is 0. The summed E-state index contributed by atoms with van der Waals surface area (Å²) in [4.78, 5) is 11.0. The standard InChI is InChI=1S/C10H18O3/c1-5-13-9(11)6-8(2)7-10(3,4)12/h6,12H,5,7H2,1-4H3/b8-6+. The maximum absolute atomic E-state index is 11.0. The van der Waals surface area contributed by atoms with Crippen molar-refractivity contribution in [3.05, 3.63) is 11.6 Å². The molecule has 0 amide bonds. The van der Waals surface area contributed by atoms with Crippen LogP contribution in [-0.4, -0.2) is 23.3 Å². The van der Waals surface area contributed by atoms with Crippen LogP contribution in [0.5, 0.6) is 0 Å². The van der Waals surface area contributed by atoms with Crippen molar-refractivity contribution in [1.82, 2.24) is 0 Å². The summed E-state index contributed by atoms with van der Waals surface area (Å²) in [6.07, 6.45) is 1.90. The van der Waals surface area contributed by atoms with E-state index in [4.69, 9.17) is 4.74 Å². The monoisotopic (exact) mass is 186 g/mol. The van der Waals surface area contributed by atoms with Gasteiger partial charge in [0.25, 0.3) is 0 Å². The third-order valence-corrected chi connectivity index (χ3v) is 1.36. The van der Waals surface area contributed by atoms with Crippen LogP contribution in [0.25, 0.3) is 0 Å². The normalized spacial score (nSPS) is 12.8. The maximum Gasteiger partial charge on any atom is 0.330 e.